The summed E-state index contributed by atoms with van der Waals surface area (Å²) in [4.78, 5) is 0. The molecule has 1 rings (SSSR count). The first-order chi connectivity index (χ1) is 4.70. The molecule has 0 heterocycles. The molecular weight excluding hydrogens is 282 g/mol. The van der Waals surface area contributed by atoms with E-state index in [1.807, 2.05) is 31.2 Å². The molecule has 1 aromatic carbocycles. The quantitative estimate of drug-likeness (QED) is 0.686. The fourth-order valence-corrected chi connectivity index (χ4v) is 2.81. The van der Waals surface area contributed by atoms with E-state index in [0.29, 0.717) is 0 Å². The van der Waals surface area contributed by atoms with Crippen LogP contribution in [0.25, 0.3) is 0 Å². The van der Waals surface area contributed by atoms with Crippen LogP contribution in [0.2, 0.25) is 0 Å². The molecule has 0 bridgehead atoms. The Morgan fingerprint density at radius 3 is 2.00 bits per heavy atom. The third-order valence-corrected chi connectivity index (χ3v) is 5.05. The number of rotatable bonds is 1. The normalized spacial score (nSPS) is 11.3. The number of halogens is 3. The van der Waals surface area contributed by atoms with E-state index in [2.05, 4.69) is 0 Å². The molecule has 0 aromatic heterocycles. The van der Waals surface area contributed by atoms with Crippen LogP contribution in [0.1, 0.15) is 5.56 Å². The Morgan fingerprint density at radius 2 is 1.60 bits per heavy atom. The Hall–Kier alpha value is 0.530. The van der Waals surface area contributed by atoms with Crippen LogP contribution in [0.4, 0.5) is 0 Å². The molecule has 0 unspecified atom stereocenters. The number of aryl methyl sites for hydroxylation is 1. The monoisotopic (exact) mass is 288 g/mol. The molecule has 1 aromatic rings. The van der Waals surface area contributed by atoms with Crippen molar-refractivity contribution >= 4 is 35.4 Å². The summed E-state index contributed by atoms with van der Waals surface area (Å²) in [5.41, 5.74) is 1.25. The van der Waals surface area contributed by atoms with Gasteiger partial charge in [-0.1, -0.05) is 0 Å². The first-order valence-corrected chi connectivity index (χ1v) is 9.34. The predicted molar refractivity (Wildman–Crippen MR) is 55.6 cm³/mol. The van der Waals surface area contributed by atoms with E-state index in [4.69, 9.17) is 17.8 Å². The van der Waals surface area contributed by atoms with Gasteiger partial charge in [0.1, 0.15) is 0 Å². The molecule has 0 N–H and O–H groups in total. The van der Waals surface area contributed by atoms with Gasteiger partial charge in [-0.25, -0.2) is 0 Å². The molecule has 0 nitrogen and oxygen atoms in total. The maximum atomic E-state index is 5.78. The van der Waals surface area contributed by atoms with Crippen LogP contribution in [0.5, 0.6) is 0 Å². The average Bonchev–Trinajstić information content (AvgIpc) is 1.88. The fraction of sp³-hybridized carbons (Fsp3) is 0.143. The van der Waals surface area contributed by atoms with E-state index in [0.717, 1.165) is 3.57 Å². The van der Waals surface area contributed by atoms with Crippen molar-refractivity contribution in [2.45, 2.75) is 6.92 Å². The summed E-state index contributed by atoms with van der Waals surface area (Å²) in [5, 5.41) is 0. The van der Waals surface area contributed by atoms with Crippen molar-refractivity contribution in [3.63, 3.8) is 0 Å². The van der Waals surface area contributed by atoms with Gasteiger partial charge < -0.3 is 0 Å². The van der Waals surface area contributed by atoms with Gasteiger partial charge in [0, 0.05) is 0 Å². The zero-order valence-corrected chi connectivity index (χ0v) is 9.11. The van der Waals surface area contributed by atoms with Crippen molar-refractivity contribution in [1.29, 1.82) is 0 Å². The summed E-state index contributed by atoms with van der Waals surface area (Å²) in [5.74, 6) is 0. The number of hydrogen-bond acceptors (Lipinski definition) is 0. The molecule has 0 aliphatic heterocycles. The molecule has 0 spiro atoms. The maximum absolute atomic E-state index is 5.78. The van der Waals surface area contributed by atoms with Crippen molar-refractivity contribution in [2.24, 2.45) is 0 Å². The summed E-state index contributed by atoms with van der Waals surface area (Å²) < 4.78 is 1.11. The van der Waals surface area contributed by atoms with E-state index < -0.39 is 17.6 Å². The molecule has 0 fully saturated rings. The summed E-state index contributed by atoms with van der Waals surface area (Å²) in [6.07, 6.45) is 0. The van der Waals surface area contributed by atoms with Crippen molar-refractivity contribution in [2.75, 3.05) is 0 Å². The van der Waals surface area contributed by atoms with Crippen LogP contribution in [0.15, 0.2) is 24.3 Å². The molecule has 0 saturated carbocycles. The van der Waals surface area contributed by atoms with Gasteiger partial charge in [-0.15, -0.1) is 0 Å². The molecule has 3 heteroatoms. The predicted octanol–water partition coefficient (Wildman–Crippen LogP) is 3.98. The molecule has 0 saturated heterocycles. The van der Waals surface area contributed by atoms with Crippen molar-refractivity contribution < 1.29 is 0 Å². The molecule has 10 heavy (non-hydrogen) atoms. The zero-order chi connectivity index (χ0) is 7.56. The van der Waals surface area contributed by atoms with Gasteiger partial charge in [0.2, 0.25) is 0 Å². The molecule has 0 radical (unpaired) electrons. The van der Waals surface area contributed by atoms with Crippen molar-refractivity contribution in [3.8, 4) is 0 Å². The van der Waals surface area contributed by atoms with Crippen molar-refractivity contribution in [3.05, 3.63) is 33.4 Å². The number of hydrogen-bond donors (Lipinski definition) is 0. The van der Waals surface area contributed by atoms with Crippen LogP contribution in [-0.2, 0) is 0 Å². The van der Waals surface area contributed by atoms with E-state index >= 15 is 0 Å². The molecule has 0 aliphatic rings. The molecule has 0 aliphatic carbocycles. The molecule has 0 atom stereocenters. The van der Waals surface area contributed by atoms with Gasteiger partial charge in [-0.2, -0.15) is 0 Å². The summed E-state index contributed by atoms with van der Waals surface area (Å²) in [7, 11) is 11.6. The summed E-state index contributed by atoms with van der Waals surface area (Å²) >= 11 is -1.76. The molecule has 0 amide bonds. The van der Waals surface area contributed by atoms with Crippen LogP contribution < -0.4 is 0 Å². The zero-order valence-electron chi connectivity index (χ0n) is 5.44. The standard InChI is InChI=1S/C7H7Cl2I/c1-6-2-4-7(5-3-6)10(8)9/h2-5H,1H3. The fourth-order valence-electron chi connectivity index (χ4n) is 0.628. The van der Waals surface area contributed by atoms with Gasteiger partial charge in [0.15, 0.2) is 0 Å². The SMILES string of the molecule is Cc1ccc(I(Cl)Cl)cc1. The van der Waals surface area contributed by atoms with Crippen LogP contribution in [0.3, 0.4) is 0 Å². The molecule has 56 valence electrons. The van der Waals surface area contributed by atoms with Gasteiger partial charge in [0.05, 0.1) is 0 Å². The van der Waals surface area contributed by atoms with Crippen molar-refractivity contribution in [1.82, 2.24) is 0 Å². The van der Waals surface area contributed by atoms with Crippen LogP contribution in [-0.4, -0.2) is 0 Å². The Kier molecular flexibility index (Phi) is 3.27. The first kappa shape index (κ1) is 8.62. The summed E-state index contributed by atoms with van der Waals surface area (Å²) in [6.45, 7) is 2.05. The Labute approximate surface area is 75.3 Å². The second-order valence-corrected chi connectivity index (χ2v) is 9.18. The Bertz CT molecular complexity index is 205. The Morgan fingerprint density at radius 1 is 1.10 bits per heavy atom. The third-order valence-electron chi connectivity index (χ3n) is 1.18. The van der Waals surface area contributed by atoms with E-state index in [-0.39, 0.29) is 0 Å². The topological polar surface area (TPSA) is 0 Å². The van der Waals surface area contributed by atoms with Crippen LogP contribution in [0, 0.1) is 10.5 Å². The Balaban J connectivity index is 2.89. The van der Waals surface area contributed by atoms with Gasteiger partial charge in [0.25, 0.3) is 0 Å². The van der Waals surface area contributed by atoms with E-state index in [1.165, 1.54) is 5.56 Å². The van der Waals surface area contributed by atoms with Gasteiger partial charge in [-0.05, 0) is 0 Å². The minimum absolute atomic E-state index is 1.11. The van der Waals surface area contributed by atoms with E-state index in [1.54, 1.807) is 0 Å². The summed E-state index contributed by atoms with van der Waals surface area (Å²) in [6, 6.07) is 8.06. The average molecular weight is 289 g/mol. The van der Waals surface area contributed by atoms with Crippen LogP contribution >= 0.6 is 35.4 Å². The second kappa shape index (κ2) is 3.79. The second-order valence-electron chi connectivity index (χ2n) is 1.99. The van der Waals surface area contributed by atoms with Gasteiger partial charge in [-0.3, -0.25) is 0 Å². The molecular formula is C7H7Cl2I. The van der Waals surface area contributed by atoms with E-state index in [9.17, 15) is 0 Å². The van der Waals surface area contributed by atoms with Gasteiger partial charge >= 0.3 is 75.7 Å². The minimum atomic E-state index is -1.76. The number of benzene rings is 1. The first-order valence-electron chi connectivity index (χ1n) is 2.80. The third kappa shape index (κ3) is 2.29.